The Morgan fingerprint density at radius 2 is 2.00 bits per heavy atom. The highest BCUT2D eigenvalue weighted by Gasteiger charge is 2.23. The first kappa shape index (κ1) is 14.1. The fourth-order valence-electron chi connectivity index (χ4n) is 2.29. The molecule has 1 N–H and O–H groups in total. The fraction of sp³-hybridized carbons (Fsp3) is 0.176. The van der Waals surface area contributed by atoms with Crippen molar-refractivity contribution < 1.29 is 13.7 Å². The number of carbonyl (C=O) groups is 1. The lowest BCUT2D eigenvalue weighted by atomic mass is 10.1. The first-order valence-electron chi connectivity index (χ1n) is 6.99. The van der Waals surface area contributed by atoms with E-state index in [1.54, 1.807) is 19.1 Å². The van der Waals surface area contributed by atoms with Gasteiger partial charge in [0.2, 0.25) is 0 Å². The quantitative estimate of drug-likeness (QED) is 0.800. The molecule has 0 aliphatic carbocycles. The summed E-state index contributed by atoms with van der Waals surface area (Å²) >= 11 is 0. The molecule has 0 spiro atoms. The van der Waals surface area contributed by atoms with Crippen LogP contribution in [0.25, 0.3) is 11.5 Å². The highest BCUT2D eigenvalue weighted by molar-refractivity contribution is 6.00. The van der Waals surface area contributed by atoms with Gasteiger partial charge in [-0.3, -0.25) is 4.79 Å². The Labute approximate surface area is 127 Å². The van der Waals surface area contributed by atoms with Crippen molar-refractivity contribution in [1.29, 1.82) is 0 Å². The summed E-state index contributed by atoms with van der Waals surface area (Å²) in [4.78, 5) is 12.5. The highest BCUT2D eigenvalue weighted by Crippen LogP contribution is 2.25. The summed E-state index contributed by atoms with van der Waals surface area (Å²) in [5, 5.41) is 6.83. The average Bonchev–Trinajstić information content (AvgIpc) is 3.15. The first-order chi connectivity index (χ1) is 10.7. The molecular weight excluding hydrogens is 280 g/mol. The van der Waals surface area contributed by atoms with Gasteiger partial charge in [-0.2, -0.15) is 0 Å². The van der Waals surface area contributed by atoms with E-state index >= 15 is 0 Å². The van der Waals surface area contributed by atoms with Gasteiger partial charge in [0.25, 0.3) is 5.91 Å². The van der Waals surface area contributed by atoms with Crippen molar-refractivity contribution in [3.63, 3.8) is 0 Å². The molecule has 0 unspecified atom stereocenters. The van der Waals surface area contributed by atoms with Crippen LogP contribution in [-0.4, -0.2) is 11.1 Å². The molecule has 22 heavy (non-hydrogen) atoms. The summed E-state index contributed by atoms with van der Waals surface area (Å²) < 4.78 is 10.4. The maximum absolute atomic E-state index is 12.5. The number of amides is 1. The maximum atomic E-state index is 12.5. The predicted molar refractivity (Wildman–Crippen MR) is 81.3 cm³/mol. The van der Waals surface area contributed by atoms with Crippen LogP contribution in [-0.2, 0) is 6.54 Å². The minimum Gasteiger partial charge on any atom is -0.463 e. The second-order valence-corrected chi connectivity index (χ2v) is 5.05. The summed E-state index contributed by atoms with van der Waals surface area (Å²) in [5.41, 5.74) is 3.04. The molecule has 0 saturated carbocycles. The fourth-order valence-corrected chi connectivity index (χ4v) is 2.29. The van der Waals surface area contributed by atoms with Crippen LogP contribution < -0.4 is 5.32 Å². The third-order valence-corrected chi connectivity index (χ3v) is 3.55. The van der Waals surface area contributed by atoms with Gasteiger partial charge in [-0.05, 0) is 37.1 Å². The average molecular weight is 296 g/mol. The van der Waals surface area contributed by atoms with E-state index in [-0.39, 0.29) is 5.91 Å². The number of aryl methyl sites for hydroxylation is 2. The van der Waals surface area contributed by atoms with E-state index in [0.717, 1.165) is 11.1 Å². The van der Waals surface area contributed by atoms with Crippen LogP contribution in [0.5, 0.6) is 0 Å². The predicted octanol–water partition coefficient (Wildman–Crippen LogP) is 3.48. The molecule has 0 radical (unpaired) electrons. The van der Waals surface area contributed by atoms with Crippen molar-refractivity contribution in [1.82, 2.24) is 10.5 Å². The molecular formula is C17H16N2O3. The van der Waals surface area contributed by atoms with Gasteiger partial charge in [-0.25, -0.2) is 0 Å². The third-order valence-electron chi connectivity index (χ3n) is 3.55. The number of hydrogen-bond acceptors (Lipinski definition) is 4. The van der Waals surface area contributed by atoms with E-state index in [9.17, 15) is 4.79 Å². The molecule has 5 heteroatoms. The molecule has 0 aliphatic heterocycles. The number of hydrogen-bond donors (Lipinski definition) is 1. The molecule has 2 aromatic heterocycles. The summed E-state index contributed by atoms with van der Waals surface area (Å²) in [7, 11) is 0. The molecule has 3 aromatic rings. The molecule has 2 heterocycles. The number of furan rings is 1. The number of rotatable bonds is 4. The second-order valence-electron chi connectivity index (χ2n) is 5.05. The molecule has 1 aromatic carbocycles. The number of benzene rings is 1. The Kier molecular flexibility index (Phi) is 3.78. The molecule has 5 nitrogen and oxygen atoms in total. The van der Waals surface area contributed by atoms with Crippen LogP contribution in [0.15, 0.2) is 51.6 Å². The van der Waals surface area contributed by atoms with Crippen LogP contribution in [0.2, 0.25) is 0 Å². The molecule has 0 atom stereocenters. The largest absolute Gasteiger partial charge is 0.463 e. The van der Waals surface area contributed by atoms with E-state index in [1.165, 1.54) is 6.26 Å². The molecule has 0 fully saturated rings. The number of carbonyl (C=O) groups excluding carboxylic acids is 1. The topological polar surface area (TPSA) is 68.3 Å². The van der Waals surface area contributed by atoms with Crippen molar-refractivity contribution in [2.75, 3.05) is 0 Å². The summed E-state index contributed by atoms with van der Waals surface area (Å²) in [6, 6.07) is 11.4. The normalized spacial score (nSPS) is 10.6. The molecule has 0 bridgehead atoms. The van der Waals surface area contributed by atoms with Crippen LogP contribution >= 0.6 is 0 Å². The van der Waals surface area contributed by atoms with Gasteiger partial charge in [-0.1, -0.05) is 29.4 Å². The van der Waals surface area contributed by atoms with Crippen LogP contribution in [0.4, 0.5) is 0 Å². The Balaban J connectivity index is 1.81. The minimum absolute atomic E-state index is 0.228. The number of nitrogens with zero attached hydrogens (tertiary/aromatic N) is 1. The first-order valence-corrected chi connectivity index (χ1v) is 6.99. The van der Waals surface area contributed by atoms with Crippen molar-refractivity contribution in [2.45, 2.75) is 20.4 Å². The van der Waals surface area contributed by atoms with E-state index in [0.29, 0.717) is 29.3 Å². The second kappa shape index (κ2) is 5.89. The minimum atomic E-state index is -0.228. The van der Waals surface area contributed by atoms with Gasteiger partial charge in [0, 0.05) is 6.54 Å². The number of aromatic nitrogens is 1. The van der Waals surface area contributed by atoms with Gasteiger partial charge >= 0.3 is 0 Å². The third kappa shape index (κ3) is 2.65. The summed E-state index contributed by atoms with van der Waals surface area (Å²) in [6.45, 7) is 4.18. The highest BCUT2D eigenvalue weighted by atomic mass is 16.5. The van der Waals surface area contributed by atoms with Gasteiger partial charge in [0.1, 0.15) is 11.3 Å². The van der Waals surface area contributed by atoms with Gasteiger partial charge in [0.05, 0.1) is 6.26 Å². The lowest BCUT2D eigenvalue weighted by Crippen LogP contribution is -2.24. The summed E-state index contributed by atoms with van der Waals surface area (Å²) in [6.07, 6.45) is 1.54. The Hall–Kier alpha value is -2.82. The van der Waals surface area contributed by atoms with Crippen molar-refractivity contribution in [2.24, 2.45) is 0 Å². The molecule has 112 valence electrons. The lowest BCUT2D eigenvalue weighted by molar-refractivity contribution is 0.0949. The lowest BCUT2D eigenvalue weighted by Gasteiger charge is -2.07. The molecule has 0 aliphatic rings. The van der Waals surface area contributed by atoms with E-state index in [4.69, 9.17) is 8.94 Å². The zero-order valence-corrected chi connectivity index (χ0v) is 12.4. The standard InChI is InChI=1S/C17H16N2O3/c1-11-6-3-4-7-13(11)10-18-17(20)15-12(2)22-19-16(15)14-8-5-9-21-14/h3-9H,10H2,1-2H3,(H,18,20). The Bertz CT molecular complexity index is 788. The zero-order chi connectivity index (χ0) is 15.5. The molecule has 1 amide bonds. The van der Waals surface area contributed by atoms with Gasteiger partial charge in [-0.15, -0.1) is 0 Å². The summed E-state index contributed by atoms with van der Waals surface area (Å²) in [5.74, 6) is 0.750. The van der Waals surface area contributed by atoms with E-state index in [2.05, 4.69) is 10.5 Å². The van der Waals surface area contributed by atoms with Crippen LogP contribution in [0.1, 0.15) is 27.2 Å². The SMILES string of the molecule is Cc1ccccc1CNC(=O)c1c(-c2ccco2)noc1C. The van der Waals surface area contributed by atoms with Crippen molar-refractivity contribution >= 4 is 5.91 Å². The van der Waals surface area contributed by atoms with Gasteiger partial charge < -0.3 is 14.3 Å². The smallest absolute Gasteiger partial charge is 0.257 e. The van der Waals surface area contributed by atoms with Crippen LogP contribution in [0, 0.1) is 13.8 Å². The van der Waals surface area contributed by atoms with Crippen molar-refractivity contribution in [3.8, 4) is 11.5 Å². The van der Waals surface area contributed by atoms with Gasteiger partial charge in [0.15, 0.2) is 11.5 Å². The van der Waals surface area contributed by atoms with E-state index in [1.807, 2.05) is 31.2 Å². The Morgan fingerprint density at radius 1 is 1.18 bits per heavy atom. The monoisotopic (exact) mass is 296 g/mol. The maximum Gasteiger partial charge on any atom is 0.257 e. The zero-order valence-electron chi connectivity index (χ0n) is 12.4. The van der Waals surface area contributed by atoms with E-state index < -0.39 is 0 Å². The molecule has 0 saturated heterocycles. The Morgan fingerprint density at radius 3 is 2.73 bits per heavy atom. The van der Waals surface area contributed by atoms with Crippen molar-refractivity contribution in [3.05, 3.63) is 65.1 Å². The van der Waals surface area contributed by atoms with Crippen LogP contribution in [0.3, 0.4) is 0 Å². The molecule has 3 rings (SSSR count). The number of nitrogens with one attached hydrogen (secondary N) is 1.